The number of fused-ring (bicyclic) bond motifs is 1. The van der Waals surface area contributed by atoms with Crippen LogP contribution in [0.4, 0.5) is 13.2 Å². The van der Waals surface area contributed by atoms with Crippen LogP contribution in [0.3, 0.4) is 0 Å². The largest absolute Gasteiger partial charge is 0.486 e. The summed E-state index contributed by atoms with van der Waals surface area (Å²) in [5, 5.41) is -0.197. The van der Waals surface area contributed by atoms with E-state index in [1.807, 2.05) is 0 Å². The van der Waals surface area contributed by atoms with Gasteiger partial charge in [0.1, 0.15) is 13.2 Å². The summed E-state index contributed by atoms with van der Waals surface area (Å²) in [4.78, 5) is -0.860. The smallest absolute Gasteiger partial charge is 0.417 e. The van der Waals surface area contributed by atoms with Gasteiger partial charge in [-0.2, -0.15) is 13.2 Å². The van der Waals surface area contributed by atoms with Crippen LogP contribution in [0.5, 0.6) is 11.5 Å². The van der Waals surface area contributed by atoms with Crippen LogP contribution in [0.2, 0.25) is 5.02 Å². The third kappa shape index (κ3) is 4.66. The summed E-state index contributed by atoms with van der Waals surface area (Å²) in [5.41, 5.74) is -0.545. The van der Waals surface area contributed by atoms with Crippen molar-refractivity contribution in [2.75, 3.05) is 19.8 Å². The van der Waals surface area contributed by atoms with Crippen LogP contribution >= 0.6 is 11.6 Å². The zero-order chi connectivity index (χ0) is 19.7. The molecule has 1 aliphatic heterocycles. The minimum atomic E-state index is -4.84. The maximum atomic E-state index is 13.1. The van der Waals surface area contributed by atoms with Gasteiger partial charge in [-0.3, -0.25) is 0 Å². The van der Waals surface area contributed by atoms with E-state index in [4.69, 9.17) is 21.1 Å². The second kappa shape index (κ2) is 7.57. The number of ether oxygens (including phenoxy) is 2. The van der Waals surface area contributed by atoms with Gasteiger partial charge in [0.15, 0.2) is 11.5 Å². The van der Waals surface area contributed by atoms with Crippen LogP contribution in [0.1, 0.15) is 11.1 Å². The van der Waals surface area contributed by atoms with Crippen molar-refractivity contribution in [2.45, 2.75) is 17.5 Å². The average Bonchev–Trinajstić information content (AvgIpc) is 2.60. The standard InChI is InChI=1S/C17H15ClF3NO4S/c18-12-2-4-16(13(10-12)17(19,20)21)27(23,24)22-6-5-11-1-3-14-15(9-11)26-8-7-25-14/h1-4,9-10,22H,5-8H2. The highest BCUT2D eigenvalue weighted by molar-refractivity contribution is 7.89. The number of sulfonamides is 1. The summed E-state index contributed by atoms with van der Waals surface area (Å²) < 4.78 is 77.1. The summed E-state index contributed by atoms with van der Waals surface area (Å²) in [6, 6.07) is 7.71. The first kappa shape index (κ1) is 19.8. The summed E-state index contributed by atoms with van der Waals surface area (Å²) in [7, 11) is -4.36. The summed E-state index contributed by atoms with van der Waals surface area (Å²) in [6.07, 6.45) is -4.57. The van der Waals surface area contributed by atoms with Crippen LogP contribution in [0.15, 0.2) is 41.3 Å². The molecule has 0 amide bonds. The van der Waals surface area contributed by atoms with Crippen molar-refractivity contribution in [1.82, 2.24) is 4.72 Å². The van der Waals surface area contributed by atoms with E-state index in [1.165, 1.54) is 0 Å². The van der Waals surface area contributed by atoms with Gasteiger partial charge in [0.2, 0.25) is 10.0 Å². The first-order valence-corrected chi connectivity index (χ1v) is 9.78. The van der Waals surface area contributed by atoms with E-state index in [0.717, 1.165) is 17.7 Å². The second-order valence-electron chi connectivity index (χ2n) is 5.76. The van der Waals surface area contributed by atoms with Gasteiger partial charge in [0.05, 0.1) is 10.5 Å². The van der Waals surface area contributed by atoms with Crippen molar-refractivity contribution >= 4 is 21.6 Å². The summed E-state index contributed by atoms with van der Waals surface area (Å²) >= 11 is 5.58. The Hall–Kier alpha value is -1.97. The number of benzene rings is 2. The molecule has 0 aliphatic carbocycles. The third-order valence-corrected chi connectivity index (χ3v) is 5.60. The highest BCUT2D eigenvalue weighted by Crippen LogP contribution is 2.36. The van der Waals surface area contributed by atoms with Gasteiger partial charge >= 0.3 is 6.18 Å². The summed E-state index contributed by atoms with van der Waals surface area (Å²) in [6.45, 7) is 0.788. The van der Waals surface area contributed by atoms with Crippen LogP contribution in [-0.4, -0.2) is 28.2 Å². The molecule has 27 heavy (non-hydrogen) atoms. The van der Waals surface area contributed by atoms with Crippen molar-refractivity contribution in [3.05, 3.63) is 52.5 Å². The van der Waals surface area contributed by atoms with Gasteiger partial charge in [-0.1, -0.05) is 17.7 Å². The minimum Gasteiger partial charge on any atom is -0.486 e. The Bertz CT molecular complexity index is 948. The van der Waals surface area contributed by atoms with Gasteiger partial charge in [-0.05, 0) is 42.3 Å². The Morgan fingerprint density at radius 1 is 1.04 bits per heavy atom. The van der Waals surface area contributed by atoms with E-state index in [2.05, 4.69) is 4.72 Å². The minimum absolute atomic E-state index is 0.0814. The molecular weight excluding hydrogens is 407 g/mol. The lowest BCUT2D eigenvalue weighted by atomic mass is 10.1. The molecule has 0 unspecified atom stereocenters. The fourth-order valence-electron chi connectivity index (χ4n) is 2.61. The van der Waals surface area contributed by atoms with E-state index in [1.54, 1.807) is 18.2 Å². The molecule has 0 saturated heterocycles. The molecule has 3 rings (SSSR count). The molecule has 0 spiro atoms. The Labute approximate surface area is 159 Å². The SMILES string of the molecule is O=S(=O)(NCCc1ccc2c(c1)OCCO2)c1ccc(Cl)cc1C(F)(F)F. The lowest BCUT2D eigenvalue weighted by molar-refractivity contribution is -0.139. The van der Waals surface area contributed by atoms with Crippen LogP contribution in [0.25, 0.3) is 0 Å². The number of halogens is 4. The quantitative estimate of drug-likeness (QED) is 0.800. The molecular formula is C17H15ClF3NO4S. The molecule has 1 aliphatic rings. The van der Waals surface area contributed by atoms with Crippen molar-refractivity contribution in [1.29, 1.82) is 0 Å². The Balaban J connectivity index is 1.73. The molecule has 0 radical (unpaired) electrons. The normalized spacial score (nSPS) is 14.2. The van der Waals surface area contributed by atoms with E-state index in [-0.39, 0.29) is 18.0 Å². The summed E-state index contributed by atoms with van der Waals surface area (Å²) in [5.74, 6) is 1.15. The van der Waals surface area contributed by atoms with E-state index >= 15 is 0 Å². The predicted molar refractivity (Wildman–Crippen MR) is 92.8 cm³/mol. The van der Waals surface area contributed by atoms with Crippen molar-refractivity contribution in [3.63, 3.8) is 0 Å². The molecule has 0 aromatic heterocycles. The zero-order valence-corrected chi connectivity index (χ0v) is 15.4. The van der Waals surface area contributed by atoms with E-state index in [9.17, 15) is 21.6 Å². The predicted octanol–water partition coefficient (Wildman–Crippen LogP) is 3.65. The lowest BCUT2D eigenvalue weighted by Crippen LogP contribution is -2.28. The van der Waals surface area contributed by atoms with E-state index in [0.29, 0.717) is 30.8 Å². The number of rotatable bonds is 5. The second-order valence-corrected chi connectivity index (χ2v) is 7.94. The molecule has 0 fully saturated rings. The maximum Gasteiger partial charge on any atom is 0.417 e. The van der Waals surface area contributed by atoms with Gasteiger partial charge < -0.3 is 9.47 Å². The maximum absolute atomic E-state index is 13.1. The molecule has 10 heteroatoms. The van der Waals surface area contributed by atoms with Crippen molar-refractivity contribution in [3.8, 4) is 11.5 Å². The fourth-order valence-corrected chi connectivity index (χ4v) is 4.02. The van der Waals surface area contributed by atoms with Gasteiger partial charge in [0, 0.05) is 11.6 Å². The molecule has 1 heterocycles. The monoisotopic (exact) mass is 421 g/mol. The van der Waals surface area contributed by atoms with Crippen LogP contribution in [-0.2, 0) is 22.6 Å². The Kier molecular flexibility index (Phi) is 5.55. The van der Waals surface area contributed by atoms with Gasteiger partial charge in [0.25, 0.3) is 0 Å². The third-order valence-electron chi connectivity index (χ3n) is 3.85. The molecule has 5 nitrogen and oxygen atoms in total. The van der Waals surface area contributed by atoms with Crippen molar-refractivity contribution in [2.24, 2.45) is 0 Å². The van der Waals surface area contributed by atoms with Crippen LogP contribution < -0.4 is 14.2 Å². The number of hydrogen-bond donors (Lipinski definition) is 1. The lowest BCUT2D eigenvalue weighted by Gasteiger charge is -2.19. The van der Waals surface area contributed by atoms with E-state index < -0.39 is 26.7 Å². The molecule has 1 N–H and O–H groups in total. The fraction of sp³-hybridized carbons (Fsp3) is 0.294. The number of nitrogens with one attached hydrogen (secondary N) is 1. The Morgan fingerprint density at radius 2 is 1.74 bits per heavy atom. The molecule has 2 aromatic rings. The van der Waals surface area contributed by atoms with Crippen molar-refractivity contribution < 1.29 is 31.1 Å². The van der Waals surface area contributed by atoms with Crippen LogP contribution in [0, 0.1) is 0 Å². The topological polar surface area (TPSA) is 64.6 Å². The average molecular weight is 422 g/mol. The number of alkyl halides is 3. The first-order valence-electron chi connectivity index (χ1n) is 7.92. The highest BCUT2D eigenvalue weighted by atomic mass is 35.5. The molecule has 0 bridgehead atoms. The molecule has 146 valence electrons. The molecule has 0 atom stereocenters. The molecule has 0 saturated carbocycles. The number of hydrogen-bond acceptors (Lipinski definition) is 4. The zero-order valence-electron chi connectivity index (χ0n) is 13.8. The highest BCUT2D eigenvalue weighted by Gasteiger charge is 2.37. The van der Waals surface area contributed by atoms with Gasteiger partial charge in [-0.15, -0.1) is 0 Å². The first-order chi connectivity index (χ1) is 12.7. The van der Waals surface area contributed by atoms with Gasteiger partial charge in [-0.25, -0.2) is 13.1 Å². The Morgan fingerprint density at radius 3 is 2.44 bits per heavy atom. The molecule has 2 aromatic carbocycles.